The Morgan fingerprint density at radius 2 is 1.83 bits per heavy atom. The Labute approximate surface area is 111 Å². The molecule has 1 atom stereocenters. The van der Waals surface area contributed by atoms with Crippen molar-refractivity contribution in [3.05, 3.63) is 59.4 Å². The molecule has 0 saturated heterocycles. The van der Waals surface area contributed by atoms with Gasteiger partial charge in [0.2, 0.25) is 0 Å². The molecule has 0 heterocycles. The largest absolute Gasteiger partial charge is 0.324 e. The number of rotatable bonds is 3. The van der Waals surface area contributed by atoms with Crippen LogP contribution in [0.1, 0.15) is 24.1 Å². The highest BCUT2D eigenvalue weighted by Crippen LogP contribution is 2.36. The van der Waals surface area contributed by atoms with Crippen LogP contribution in [0, 0.1) is 12.7 Å². The van der Waals surface area contributed by atoms with Gasteiger partial charge in [0, 0.05) is 10.9 Å². The third-order valence-corrected chi connectivity index (χ3v) is 4.11. The number of hydrogen-bond acceptors (Lipinski definition) is 2. The van der Waals surface area contributed by atoms with E-state index < -0.39 is 0 Å². The van der Waals surface area contributed by atoms with E-state index in [1.54, 1.807) is 6.07 Å². The van der Waals surface area contributed by atoms with Crippen LogP contribution in [0.2, 0.25) is 0 Å². The van der Waals surface area contributed by atoms with Gasteiger partial charge in [-0.3, -0.25) is 0 Å². The van der Waals surface area contributed by atoms with Gasteiger partial charge >= 0.3 is 0 Å². The number of hydrogen-bond donors (Lipinski definition) is 1. The molecule has 18 heavy (non-hydrogen) atoms. The van der Waals surface area contributed by atoms with Gasteiger partial charge in [0.1, 0.15) is 5.82 Å². The molecular weight excluding hydrogens is 245 g/mol. The van der Waals surface area contributed by atoms with Gasteiger partial charge in [0.15, 0.2) is 0 Å². The summed E-state index contributed by atoms with van der Waals surface area (Å²) in [5.41, 5.74) is 7.89. The molecule has 94 valence electrons. The van der Waals surface area contributed by atoms with Crippen molar-refractivity contribution in [2.75, 3.05) is 0 Å². The predicted octanol–water partition coefficient (Wildman–Crippen LogP) is 4.31. The normalized spacial score (nSPS) is 12.4. The van der Waals surface area contributed by atoms with Crippen LogP contribution in [0.4, 0.5) is 4.39 Å². The van der Waals surface area contributed by atoms with Crippen LogP contribution in [0.15, 0.2) is 52.3 Å². The van der Waals surface area contributed by atoms with E-state index in [-0.39, 0.29) is 11.9 Å². The molecule has 0 unspecified atom stereocenters. The standard InChI is InChI=1S/C15H16FNS/c1-10-6-3-4-9-14(10)18-15-12(11(2)17)7-5-8-13(15)16/h3-9,11H,17H2,1-2H3/t11-/m0/s1. The fourth-order valence-corrected chi connectivity index (χ4v) is 2.91. The van der Waals surface area contributed by atoms with E-state index in [1.807, 2.05) is 44.2 Å². The first kappa shape index (κ1) is 13.1. The van der Waals surface area contributed by atoms with Gasteiger partial charge < -0.3 is 5.73 Å². The summed E-state index contributed by atoms with van der Waals surface area (Å²) >= 11 is 1.44. The van der Waals surface area contributed by atoms with Crippen molar-refractivity contribution >= 4 is 11.8 Å². The molecule has 0 radical (unpaired) electrons. The summed E-state index contributed by atoms with van der Waals surface area (Å²) in [5, 5.41) is 0. The van der Waals surface area contributed by atoms with E-state index in [2.05, 4.69) is 0 Å². The van der Waals surface area contributed by atoms with Crippen LogP contribution < -0.4 is 5.73 Å². The molecule has 0 fully saturated rings. The molecule has 0 amide bonds. The lowest BCUT2D eigenvalue weighted by atomic mass is 10.1. The average molecular weight is 261 g/mol. The molecule has 1 nitrogen and oxygen atoms in total. The summed E-state index contributed by atoms with van der Waals surface area (Å²) in [7, 11) is 0. The van der Waals surface area contributed by atoms with Crippen LogP contribution >= 0.6 is 11.8 Å². The Hall–Kier alpha value is -1.32. The zero-order valence-corrected chi connectivity index (χ0v) is 11.3. The van der Waals surface area contributed by atoms with Gasteiger partial charge in [-0.05, 0) is 37.1 Å². The van der Waals surface area contributed by atoms with Crippen molar-refractivity contribution in [2.45, 2.75) is 29.7 Å². The first-order valence-electron chi connectivity index (χ1n) is 5.87. The third kappa shape index (κ3) is 2.74. The molecule has 2 rings (SSSR count). The molecule has 0 bridgehead atoms. The van der Waals surface area contributed by atoms with E-state index in [9.17, 15) is 4.39 Å². The lowest BCUT2D eigenvalue weighted by Gasteiger charge is -2.14. The van der Waals surface area contributed by atoms with Crippen molar-refractivity contribution in [3.63, 3.8) is 0 Å². The maximum Gasteiger partial charge on any atom is 0.137 e. The van der Waals surface area contributed by atoms with E-state index in [4.69, 9.17) is 5.73 Å². The van der Waals surface area contributed by atoms with Crippen molar-refractivity contribution in [1.29, 1.82) is 0 Å². The summed E-state index contributed by atoms with van der Waals surface area (Å²) in [6.45, 7) is 3.89. The molecule has 0 spiro atoms. The minimum Gasteiger partial charge on any atom is -0.324 e. The number of halogens is 1. The van der Waals surface area contributed by atoms with Crippen LogP contribution in [0.25, 0.3) is 0 Å². The molecule has 2 aromatic carbocycles. The first-order valence-corrected chi connectivity index (χ1v) is 6.68. The van der Waals surface area contributed by atoms with Crippen molar-refractivity contribution < 1.29 is 4.39 Å². The van der Waals surface area contributed by atoms with E-state index >= 15 is 0 Å². The quantitative estimate of drug-likeness (QED) is 0.891. The smallest absolute Gasteiger partial charge is 0.137 e. The second-order valence-electron chi connectivity index (χ2n) is 4.31. The minimum atomic E-state index is -0.210. The maximum atomic E-state index is 14.0. The molecular formula is C15H16FNS. The molecule has 0 saturated carbocycles. The van der Waals surface area contributed by atoms with Crippen LogP contribution in [0.5, 0.6) is 0 Å². The highest BCUT2D eigenvalue weighted by molar-refractivity contribution is 7.99. The maximum absolute atomic E-state index is 14.0. The second-order valence-corrected chi connectivity index (χ2v) is 5.37. The van der Waals surface area contributed by atoms with E-state index in [0.717, 1.165) is 16.0 Å². The SMILES string of the molecule is Cc1ccccc1Sc1c(F)cccc1[C@H](C)N. The lowest BCUT2D eigenvalue weighted by molar-refractivity contribution is 0.591. The molecule has 0 aliphatic carbocycles. The number of benzene rings is 2. The Balaban J connectivity index is 2.43. The monoisotopic (exact) mass is 261 g/mol. The van der Waals surface area contributed by atoms with Crippen molar-refractivity contribution in [1.82, 2.24) is 0 Å². The summed E-state index contributed by atoms with van der Waals surface area (Å²) in [6.07, 6.45) is 0. The Bertz CT molecular complexity index is 552. The Morgan fingerprint density at radius 1 is 1.11 bits per heavy atom. The van der Waals surface area contributed by atoms with Gasteiger partial charge in [-0.1, -0.05) is 42.1 Å². The van der Waals surface area contributed by atoms with E-state index in [0.29, 0.717) is 4.90 Å². The minimum absolute atomic E-state index is 0.174. The Morgan fingerprint density at radius 3 is 2.50 bits per heavy atom. The number of nitrogens with two attached hydrogens (primary N) is 1. The van der Waals surface area contributed by atoms with E-state index in [1.165, 1.54) is 17.8 Å². The zero-order chi connectivity index (χ0) is 13.1. The fraction of sp³-hybridized carbons (Fsp3) is 0.200. The summed E-state index contributed by atoms with van der Waals surface area (Å²) in [4.78, 5) is 1.69. The van der Waals surface area contributed by atoms with Crippen LogP contribution in [-0.4, -0.2) is 0 Å². The summed E-state index contributed by atoms with van der Waals surface area (Å²) < 4.78 is 14.0. The molecule has 3 heteroatoms. The van der Waals surface area contributed by atoms with Crippen molar-refractivity contribution in [2.24, 2.45) is 5.73 Å². The average Bonchev–Trinajstić information content (AvgIpc) is 2.34. The molecule has 0 aromatic heterocycles. The molecule has 0 aliphatic heterocycles. The highest BCUT2D eigenvalue weighted by Gasteiger charge is 2.13. The predicted molar refractivity (Wildman–Crippen MR) is 74.3 cm³/mol. The topological polar surface area (TPSA) is 26.0 Å². The van der Waals surface area contributed by atoms with Gasteiger partial charge in [0.25, 0.3) is 0 Å². The number of aryl methyl sites for hydroxylation is 1. The molecule has 2 aromatic rings. The van der Waals surface area contributed by atoms with Gasteiger partial charge in [-0.25, -0.2) is 4.39 Å². The summed E-state index contributed by atoms with van der Waals surface area (Å²) in [5.74, 6) is -0.210. The van der Waals surface area contributed by atoms with Crippen LogP contribution in [-0.2, 0) is 0 Å². The van der Waals surface area contributed by atoms with Crippen LogP contribution in [0.3, 0.4) is 0 Å². The van der Waals surface area contributed by atoms with Gasteiger partial charge in [-0.2, -0.15) is 0 Å². The lowest BCUT2D eigenvalue weighted by Crippen LogP contribution is -2.07. The van der Waals surface area contributed by atoms with Gasteiger partial charge in [-0.15, -0.1) is 0 Å². The summed E-state index contributed by atoms with van der Waals surface area (Å²) in [6, 6.07) is 12.9. The highest BCUT2D eigenvalue weighted by atomic mass is 32.2. The zero-order valence-electron chi connectivity index (χ0n) is 10.5. The first-order chi connectivity index (χ1) is 8.59. The second kappa shape index (κ2) is 5.55. The molecule has 0 aliphatic rings. The molecule has 2 N–H and O–H groups in total. The fourth-order valence-electron chi connectivity index (χ4n) is 1.77. The third-order valence-electron chi connectivity index (χ3n) is 2.79. The Kier molecular flexibility index (Phi) is 4.04. The van der Waals surface area contributed by atoms with Gasteiger partial charge in [0.05, 0.1) is 4.90 Å². The van der Waals surface area contributed by atoms with Crippen molar-refractivity contribution in [3.8, 4) is 0 Å².